The highest BCUT2D eigenvalue weighted by Crippen LogP contribution is 2.28. The zero-order valence-electron chi connectivity index (χ0n) is 14.0. The normalized spacial score (nSPS) is 13.0. The SMILES string of the molecule is COc1ccnc(CC(O)c2nc3cc(OC(F)(F)F)ccc3[nH]2)c1C. The Morgan fingerprint density at radius 1 is 1.27 bits per heavy atom. The maximum absolute atomic E-state index is 12.3. The van der Waals surface area contributed by atoms with E-state index in [1.807, 2.05) is 6.92 Å². The standard InChI is InChI=1S/C17H16F3N3O3/c1-9-12(21-6-5-15(9)25-2)8-14(24)16-22-11-4-3-10(7-13(11)23-16)26-17(18,19)20/h3-7,14,24H,8H2,1-2H3,(H,22,23). The Balaban J connectivity index is 1.83. The molecule has 0 saturated heterocycles. The quantitative estimate of drug-likeness (QED) is 0.722. The summed E-state index contributed by atoms with van der Waals surface area (Å²) in [6, 6.07) is 5.46. The van der Waals surface area contributed by atoms with Gasteiger partial charge in [0.1, 0.15) is 23.4 Å². The number of ether oxygens (including phenoxy) is 2. The molecule has 0 aliphatic heterocycles. The van der Waals surface area contributed by atoms with Crippen molar-refractivity contribution >= 4 is 11.0 Å². The number of rotatable bonds is 5. The lowest BCUT2D eigenvalue weighted by Gasteiger charge is -2.11. The molecule has 3 rings (SSSR count). The van der Waals surface area contributed by atoms with Crippen LogP contribution < -0.4 is 9.47 Å². The fourth-order valence-electron chi connectivity index (χ4n) is 2.63. The van der Waals surface area contributed by atoms with Crippen LogP contribution in [0.3, 0.4) is 0 Å². The minimum absolute atomic E-state index is 0.175. The van der Waals surface area contributed by atoms with Crippen molar-refractivity contribution in [3.05, 3.63) is 47.5 Å². The molecule has 138 valence electrons. The molecule has 2 N–H and O–H groups in total. The lowest BCUT2D eigenvalue weighted by atomic mass is 10.1. The second-order valence-electron chi connectivity index (χ2n) is 5.65. The minimum Gasteiger partial charge on any atom is -0.496 e. The lowest BCUT2D eigenvalue weighted by molar-refractivity contribution is -0.274. The highest BCUT2D eigenvalue weighted by Gasteiger charge is 2.31. The molecule has 1 unspecified atom stereocenters. The Hall–Kier alpha value is -2.81. The summed E-state index contributed by atoms with van der Waals surface area (Å²) >= 11 is 0. The van der Waals surface area contributed by atoms with Crippen LogP contribution in [0.2, 0.25) is 0 Å². The molecule has 3 aromatic rings. The van der Waals surface area contributed by atoms with Gasteiger partial charge in [0.05, 0.1) is 18.1 Å². The van der Waals surface area contributed by atoms with Crippen LogP contribution in [-0.4, -0.2) is 33.5 Å². The summed E-state index contributed by atoms with van der Waals surface area (Å²) in [5.74, 6) is 0.511. The van der Waals surface area contributed by atoms with Gasteiger partial charge in [-0.15, -0.1) is 13.2 Å². The van der Waals surface area contributed by atoms with E-state index in [2.05, 4.69) is 19.7 Å². The Bertz CT molecular complexity index is 924. The minimum atomic E-state index is -4.78. The number of pyridine rings is 1. The maximum atomic E-state index is 12.3. The smallest absolute Gasteiger partial charge is 0.496 e. The number of aromatic amines is 1. The number of aliphatic hydroxyl groups is 1. The fraction of sp³-hybridized carbons (Fsp3) is 0.294. The molecule has 0 spiro atoms. The van der Waals surface area contributed by atoms with E-state index in [0.717, 1.165) is 11.6 Å². The van der Waals surface area contributed by atoms with E-state index in [-0.39, 0.29) is 23.5 Å². The number of methoxy groups -OCH3 is 1. The summed E-state index contributed by atoms with van der Waals surface area (Å²) in [7, 11) is 1.54. The Morgan fingerprint density at radius 2 is 2.04 bits per heavy atom. The summed E-state index contributed by atoms with van der Waals surface area (Å²) in [6.07, 6.45) is -4.03. The molecule has 0 fully saturated rings. The number of nitrogens with zero attached hydrogens (tertiary/aromatic N) is 2. The number of benzene rings is 1. The van der Waals surface area contributed by atoms with Crippen LogP contribution in [0.15, 0.2) is 30.5 Å². The first-order valence-corrected chi connectivity index (χ1v) is 7.69. The molecule has 0 radical (unpaired) electrons. The largest absolute Gasteiger partial charge is 0.573 e. The number of hydrogen-bond acceptors (Lipinski definition) is 5. The molecule has 6 nitrogen and oxygen atoms in total. The van der Waals surface area contributed by atoms with Gasteiger partial charge in [-0.1, -0.05) is 0 Å². The third kappa shape index (κ3) is 3.88. The number of aromatic nitrogens is 3. The zero-order chi connectivity index (χ0) is 18.9. The highest BCUT2D eigenvalue weighted by molar-refractivity contribution is 5.76. The average Bonchev–Trinajstić information content (AvgIpc) is 2.98. The third-order valence-electron chi connectivity index (χ3n) is 3.89. The predicted octanol–water partition coefficient (Wildman–Crippen LogP) is 3.45. The molecular weight excluding hydrogens is 351 g/mol. The van der Waals surface area contributed by atoms with E-state index in [4.69, 9.17) is 4.74 Å². The van der Waals surface area contributed by atoms with E-state index in [1.165, 1.54) is 12.1 Å². The van der Waals surface area contributed by atoms with Crippen LogP contribution in [0, 0.1) is 6.92 Å². The van der Waals surface area contributed by atoms with E-state index >= 15 is 0 Å². The van der Waals surface area contributed by atoms with Crippen molar-refractivity contribution in [2.24, 2.45) is 0 Å². The van der Waals surface area contributed by atoms with Gasteiger partial charge in [-0.25, -0.2) is 4.98 Å². The molecule has 0 saturated carbocycles. The zero-order valence-corrected chi connectivity index (χ0v) is 14.0. The van der Waals surface area contributed by atoms with Gasteiger partial charge in [-0.05, 0) is 25.1 Å². The lowest BCUT2D eigenvalue weighted by Crippen LogP contribution is -2.16. The van der Waals surface area contributed by atoms with Gasteiger partial charge in [0, 0.05) is 29.9 Å². The van der Waals surface area contributed by atoms with E-state index in [9.17, 15) is 18.3 Å². The summed E-state index contributed by atoms with van der Waals surface area (Å²) in [6.45, 7) is 1.83. The first kappa shape index (κ1) is 18.0. The number of fused-ring (bicyclic) bond motifs is 1. The number of hydrogen-bond donors (Lipinski definition) is 2. The van der Waals surface area contributed by atoms with E-state index < -0.39 is 12.5 Å². The second-order valence-corrected chi connectivity index (χ2v) is 5.65. The number of H-pyrrole nitrogens is 1. The van der Waals surface area contributed by atoms with Crippen molar-refractivity contribution in [2.75, 3.05) is 7.11 Å². The maximum Gasteiger partial charge on any atom is 0.573 e. The summed E-state index contributed by atoms with van der Waals surface area (Å²) < 4.78 is 46.0. The van der Waals surface area contributed by atoms with Gasteiger partial charge >= 0.3 is 6.36 Å². The molecular formula is C17H16F3N3O3. The van der Waals surface area contributed by atoms with Crippen molar-refractivity contribution in [1.82, 2.24) is 15.0 Å². The van der Waals surface area contributed by atoms with Gasteiger partial charge in [0.25, 0.3) is 0 Å². The first-order chi connectivity index (χ1) is 12.3. The number of aliphatic hydroxyl groups excluding tert-OH is 1. The van der Waals surface area contributed by atoms with Crippen molar-refractivity contribution in [3.63, 3.8) is 0 Å². The summed E-state index contributed by atoms with van der Waals surface area (Å²) in [4.78, 5) is 11.3. The van der Waals surface area contributed by atoms with Gasteiger partial charge < -0.3 is 19.6 Å². The molecule has 9 heteroatoms. The van der Waals surface area contributed by atoms with Crippen molar-refractivity contribution in [3.8, 4) is 11.5 Å². The molecule has 26 heavy (non-hydrogen) atoms. The third-order valence-corrected chi connectivity index (χ3v) is 3.89. The topological polar surface area (TPSA) is 80.3 Å². The van der Waals surface area contributed by atoms with Crippen LogP contribution >= 0.6 is 0 Å². The number of imidazole rings is 1. The monoisotopic (exact) mass is 367 g/mol. The van der Waals surface area contributed by atoms with Crippen molar-refractivity contribution in [2.45, 2.75) is 25.8 Å². The Kier molecular flexibility index (Phi) is 4.73. The molecule has 1 atom stereocenters. The number of alkyl halides is 3. The van der Waals surface area contributed by atoms with Crippen LogP contribution in [0.5, 0.6) is 11.5 Å². The molecule has 0 amide bonds. The van der Waals surface area contributed by atoms with Crippen LogP contribution in [0.4, 0.5) is 13.2 Å². The molecule has 0 aliphatic rings. The summed E-state index contributed by atoms with van der Waals surface area (Å²) in [5.41, 5.74) is 2.18. The van der Waals surface area contributed by atoms with E-state index in [0.29, 0.717) is 17.0 Å². The van der Waals surface area contributed by atoms with E-state index in [1.54, 1.807) is 19.4 Å². The van der Waals surface area contributed by atoms with Gasteiger partial charge in [0.15, 0.2) is 0 Å². The molecule has 0 aliphatic carbocycles. The molecule has 2 heterocycles. The highest BCUT2D eigenvalue weighted by atomic mass is 19.4. The molecule has 0 bridgehead atoms. The van der Waals surface area contributed by atoms with Crippen molar-refractivity contribution in [1.29, 1.82) is 0 Å². The van der Waals surface area contributed by atoms with Crippen LogP contribution in [0.25, 0.3) is 11.0 Å². The Labute approximate surface area is 146 Å². The van der Waals surface area contributed by atoms with Gasteiger partial charge in [-0.2, -0.15) is 0 Å². The predicted molar refractivity (Wildman–Crippen MR) is 87.0 cm³/mol. The summed E-state index contributed by atoms with van der Waals surface area (Å²) in [5, 5.41) is 10.4. The molecule has 2 aromatic heterocycles. The average molecular weight is 367 g/mol. The fourth-order valence-corrected chi connectivity index (χ4v) is 2.63. The van der Waals surface area contributed by atoms with Crippen LogP contribution in [0.1, 0.15) is 23.2 Å². The van der Waals surface area contributed by atoms with Crippen molar-refractivity contribution < 1.29 is 27.8 Å². The molecule has 1 aromatic carbocycles. The van der Waals surface area contributed by atoms with Crippen LogP contribution in [-0.2, 0) is 6.42 Å². The van der Waals surface area contributed by atoms with Gasteiger partial charge in [0.2, 0.25) is 0 Å². The first-order valence-electron chi connectivity index (χ1n) is 7.69. The second kappa shape index (κ2) is 6.83. The Morgan fingerprint density at radius 3 is 2.73 bits per heavy atom. The van der Waals surface area contributed by atoms with Gasteiger partial charge in [-0.3, -0.25) is 4.98 Å². The number of nitrogens with one attached hydrogen (secondary N) is 1. The number of halogens is 3.